The Bertz CT molecular complexity index is 373. The maximum atomic E-state index is 12.1. The normalized spacial score (nSPS) is 28.9. The largest absolute Gasteiger partial charge is 0.374 e. The third-order valence-electron chi connectivity index (χ3n) is 4.04. The summed E-state index contributed by atoms with van der Waals surface area (Å²) in [7, 11) is 0. The average Bonchev–Trinajstić information content (AvgIpc) is 2.43. The summed E-state index contributed by atoms with van der Waals surface area (Å²) in [5.74, 6) is 0.0356. The Labute approximate surface area is 120 Å². The molecule has 6 heteroatoms. The SMILES string of the molecule is CCN1CCOC(CN2C(=O)CNC(=O)C2C(C)C)C1. The summed E-state index contributed by atoms with van der Waals surface area (Å²) in [4.78, 5) is 28.1. The van der Waals surface area contributed by atoms with Gasteiger partial charge in [-0.1, -0.05) is 20.8 Å². The zero-order valence-corrected chi connectivity index (χ0v) is 12.6. The third-order valence-corrected chi connectivity index (χ3v) is 4.04. The lowest BCUT2D eigenvalue weighted by Gasteiger charge is -2.41. The van der Waals surface area contributed by atoms with Crippen LogP contribution >= 0.6 is 0 Å². The van der Waals surface area contributed by atoms with Crippen molar-refractivity contribution >= 4 is 11.8 Å². The highest BCUT2D eigenvalue weighted by Crippen LogP contribution is 2.17. The molecule has 0 radical (unpaired) electrons. The first-order valence-electron chi connectivity index (χ1n) is 7.44. The van der Waals surface area contributed by atoms with Gasteiger partial charge >= 0.3 is 0 Å². The van der Waals surface area contributed by atoms with Crippen LogP contribution in [-0.4, -0.2) is 73.1 Å². The van der Waals surface area contributed by atoms with Crippen LogP contribution in [-0.2, 0) is 14.3 Å². The van der Waals surface area contributed by atoms with Gasteiger partial charge in [0.1, 0.15) is 6.04 Å². The fourth-order valence-electron chi connectivity index (χ4n) is 2.94. The molecule has 114 valence electrons. The van der Waals surface area contributed by atoms with Gasteiger partial charge in [0.05, 0.1) is 19.3 Å². The molecule has 2 aliphatic rings. The molecular weight excluding hydrogens is 258 g/mol. The molecule has 20 heavy (non-hydrogen) atoms. The summed E-state index contributed by atoms with van der Waals surface area (Å²) < 4.78 is 5.76. The van der Waals surface area contributed by atoms with Gasteiger partial charge in [-0.2, -0.15) is 0 Å². The number of rotatable bonds is 4. The first-order valence-corrected chi connectivity index (χ1v) is 7.44. The quantitative estimate of drug-likeness (QED) is 0.769. The van der Waals surface area contributed by atoms with Crippen molar-refractivity contribution in [1.29, 1.82) is 0 Å². The monoisotopic (exact) mass is 283 g/mol. The van der Waals surface area contributed by atoms with Crippen LogP contribution in [0.4, 0.5) is 0 Å². The molecule has 0 aliphatic carbocycles. The summed E-state index contributed by atoms with van der Waals surface area (Å²) in [6, 6.07) is -0.378. The van der Waals surface area contributed by atoms with E-state index in [1.165, 1.54) is 0 Å². The van der Waals surface area contributed by atoms with E-state index in [1.54, 1.807) is 4.90 Å². The fourth-order valence-corrected chi connectivity index (χ4v) is 2.94. The van der Waals surface area contributed by atoms with E-state index in [1.807, 2.05) is 13.8 Å². The van der Waals surface area contributed by atoms with Crippen molar-refractivity contribution in [3.8, 4) is 0 Å². The van der Waals surface area contributed by atoms with Crippen molar-refractivity contribution < 1.29 is 14.3 Å². The zero-order valence-electron chi connectivity index (χ0n) is 12.6. The number of nitrogens with zero attached hydrogens (tertiary/aromatic N) is 2. The highest BCUT2D eigenvalue weighted by Gasteiger charge is 2.38. The number of ether oxygens (including phenoxy) is 1. The Morgan fingerprint density at radius 2 is 2.15 bits per heavy atom. The van der Waals surface area contributed by atoms with Gasteiger partial charge in [-0.05, 0) is 12.5 Å². The van der Waals surface area contributed by atoms with Gasteiger partial charge in [-0.3, -0.25) is 14.5 Å². The van der Waals surface area contributed by atoms with Gasteiger partial charge in [0.15, 0.2) is 0 Å². The highest BCUT2D eigenvalue weighted by molar-refractivity contribution is 5.95. The van der Waals surface area contributed by atoms with Gasteiger partial charge in [0.2, 0.25) is 11.8 Å². The van der Waals surface area contributed by atoms with Crippen LogP contribution in [0.1, 0.15) is 20.8 Å². The Hall–Kier alpha value is -1.14. The molecule has 2 heterocycles. The number of likely N-dealkylation sites (N-methyl/N-ethyl adjacent to an activating group) is 1. The van der Waals surface area contributed by atoms with E-state index >= 15 is 0 Å². The van der Waals surface area contributed by atoms with Crippen molar-refractivity contribution in [3.05, 3.63) is 0 Å². The van der Waals surface area contributed by atoms with Gasteiger partial charge < -0.3 is 15.0 Å². The Balaban J connectivity index is 2.04. The molecule has 1 N–H and O–H groups in total. The number of morpholine rings is 1. The van der Waals surface area contributed by atoms with Crippen LogP contribution < -0.4 is 5.32 Å². The molecule has 2 aliphatic heterocycles. The molecule has 2 saturated heterocycles. The minimum absolute atomic E-state index is 0.000185. The lowest BCUT2D eigenvalue weighted by Crippen LogP contribution is -2.62. The second kappa shape index (κ2) is 6.54. The van der Waals surface area contributed by atoms with Crippen molar-refractivity contribution in [3.63, 3.8) is 0 Å². The van der Waals surface area contributed by atoms with Crippen LogP contribution in [0.2, 0.25) is 0 Å². The molecule has 2 atom stereocenters. The van der Waals surface area contributed by atoms with Crippen molar-refractivity contribution in [2.75, 3.05) is 39.3 Å². The van der Waals surface area contributed by atoms with E-state index in [-0.39, 0.29) is 36.4 Å². The second-order valence-electron chi connectivity index (χ2n) is 5.84. The number of hydrogen-bond donors (Lipinski definition) is 1. The van der Waals surface area contributed by atoms with Crippen molar-refractivity contribution in [2.24, 2.45) is 5.92 Å². The molecule has 2 unspecified atom stereocenters. The topological polar surface area (TPSA) is 61.9 Å². The summed E-state index contributed by atoms with van der Waals surface area (Å²) in [5, 5.41) is 2.67. The third kappa shape index (κ3) is 3.30. The maximum Gasteiger partial charge on any atom is 0.243 e. The molecule has 0 aromatic carbocycles. The van der Waals surface area contributed by atoms with Crippen LogP contribution in [0, 0.1) is 5.92 Å². The van der Waals surface area contributed by atoms with Gasteiger partial charge in [0.25, 0.3) is 0 Å². The minimum Gasteiger partial charge on any atom is -0.374 e. The Morgan fingerprint density at radius 3 is 2.80 bits per heavy atom. The van der Waals surface area contributed by atoms with Gasteiger partial charge in [-0.15, -0.1) is 0 Å². The Morgan fingerprint density at radius 1 is 1.40 bits per heavy atom. The molecule has 0 saturated carbocycles. The molecule has 0 spiro atoms. The molecule has 2 rings (SSSR count). The van der Waals surface area contributed by atoms with Crippen LogP contribution in [0.5, 0.6) is 0 Å². The first kappa shape index (κ1) is 15.3. The Kier molecular flexibility index (Phi) is 4.99. The molecule has 2 amide bonds. The van der Waals surface area contributed by atoms with E-state index in [2.05, 4.69) is 17.1 Å². The standard InChI is InChI=1S/C14H25N3O3/c1-4-16-5-6-20-11(8-16)9-17-12(18)7-15-14(19)13(17)10(2)3/h10-11,13H,4-9H2,1-3H3,(H,15,19). The molecule has 2 fully saturated rings. The number of amides is 2. The smallest absolute Gasteiger partial charge is 0.243 e. The summed E-state index contributed by atoms with van der Waals surface area (Å²) in [5.41, 5.74) is 0. The number of carbonyl (C=O) groups is 2. The molecule has 6 nitrogen and oxygen atoms in total. The molecular formula is C14H25N3O3. The summed E-state index contributed by atoms with van der Waals surface area (Å²) >= 11 is 0. The molecule has 0 aromatic heterocycles. The fraction of sp³-hybridized carbons (Fsp3) is 0.857. The van der Waals surface area contributed by atoms with Crippen LogP contribution in [0.25, 0.3) is 0 Å². The minimum atomic E-state index is -0.378. The predicted molar refractivity (Wildman–Crippen MR) is 75.2 cm³/mol. The average molecular weight is 283 g/mol. The molecule has 0 aromatic rings. The summed E-state index contributed by atoms with van der Waals surface area (Å²) in [6.07, 6.45) is -0.000185. The van der Waals surface area contributed by atoms with E-state index in [0.717, 1.165) is 19.6 Å². The van der Waals surface area contributed by atoms with Crippen molar-refractivity contribution in [2.45, 2.75) is 32.9 Å². The molecule has 0 bridgehead atoms. The second-order valence-corrected chi connectivity index (χ2v) is 5.84. The number of hydrogen-bond acceptors (Lipinski definition) is 4. The van der Waals surface area contributed by atoms with Gasteiger partial charge in [0, 0.05) is 19.6 Å². The van der Waals surface area contributed by atoms with Crippen LogP contribution in [0.15, 0.2) is 0 Å². The lowest BCUT2D eigenvalue weighted by atomic mass is 9.99. The van der Waals surface area contributed by atoms with E-state index in [9.17, 15) is 9.59 Å². The first-order chi connectivity index (χ1) is 9.52. The van der Waals surface area contributed by atoms with E-state index < -0.39 is 0 Å². The number of nitrogens with one attached hydrogen (secondary N) is 1. The van der Waals surface area contributed by atoms with Crippen LogP contribution in [0.3, 0.4) is 0 Å². The number of piperazine rings is 1. The van der Waals surface area contributed by atoms with E-state index in [0.29, 0.717) is 13.2 Å². The maximum absolute atomic E-state index is 12.1. The lowest BCUT2D eigenvalue weighted by molar-refractivity contribution is -0.151. The van der Waals surface area contributed by atoms with Crippen molar-refractivity contribution in [1.82, 2.24) is 15.1 Å². The zero-order chi connectivity index (χ0) is 14.7. The predicted octanol–water partition coefficient (Wildman–Crippen LogP) is -0.310. The van der Waals surface area contributed by atoms with Gasteiger partial charge in [-0.25, -0.2) is 0 Å². The van der Waals surface area contributed by atoms with E-state index in [4.69, 9.17) is 4.74 Å². The summed E-state index contributed by atoms with van der Waals surface area (Å²) in [6.45, 7) is 10.1. The highest BCUT2D eigenvalue weighted by atomic mass is 16.5. The number of carbonyl (C=O) groups excluding carboxylic acids is 2.